The molecule has 0 bridgehead atoms. The minimum atomic E-state index is -0.778. The van der Waals surface area contributed by atoms with Crippen molar-refractivity contribution in [3.63, 3.8) is 0 Å². The van der Waals surface area contributed by atoms with Gasteiger partial charge in [-0.25, -0.2) is 0 Å². The molecule has 0 radical (unpaired) electrons. The van der Waals surface area contributed by atoms with Crippen LogP contribution in [-0.4, -0.2) is 89.5 Å². The van der Waals surface area contributed by atoms with Crippen molar-refractivity contribution in [3.05, 3.63) is 0 Å². The van der Waals surface area contributed by atoms with Gasteiger partial charge in [-0.2, -0.15) is 0 Å². The van der Waals surface area contributed by atoms with Crippen LogP contribution in [0.1, 0.15) is 20.3 Å². The number of hydrogen-bond acceptors (Lipinski definition) is 7. The van der Waals surface area contributed by atoms with Gasteiger partial charge in [0.25, 0.3) is 0 Å². The minimum absolute atomic E-state index is 0.0208. The molecule has 7 heteroatoms. The van der Waals surface area contributed by atoms with Crippen molar-refractivity contribution in [2.24, 2.45) is 11.7 Å². The van der Waals surface area contributed by atoms with Gasteiger partial charge in [-0.05, 0) is 13.3 Å². The number of nitrogens with one attached hydrogen (secondary N) is 1. The average Bonchev–Trinajstić information content (AvgIpc) is 2.47. The second-order valence-corrected chi connectivity index (χ2v) is 5.82. The van der Waals surface area contributed by atoms with E-state index in [9.17, 15) is 15.3 Å². The van der Waals surface area contributed by atoms with E-state index in [0.29, 0.717) is 26.1 Å². The fourth-order valence-corrected chi connectivity index (χ4v) is 2.90. The van der Waals surface area contributed by atoms with Crippen LogP contribution in [0.3, 0.4) is 0 Å². The molecule has 0 spiro atoms. The third kappa shape index (κ3) is 5.45. The third-order valence-corrected chi connectivity index (χ3v) is 4.12. The van der Waals surface area contributed by atoms with Gasteiger partial charge in [0.2, 0.25) is 0 Å². The van der Waals surface area contributed by atoms with Gasteiger partial charge in [0.05, 0.1) is 12.3 Å². The first-order valence-electron chi connectivity index (χ1n) is 7.92. The van der Waals surface area contributed by atoms with E-state index in [4.69, 9.17) is 5.73 Å². The highest BCUT2D eigenvalue weighted by atomic mass is 16.3. The van der Waals surface area contributed by atoms with Crippen molar-refractivity contribution in [3.8, 4) is 0 Å². The summed E-state index contributed by atoms with van der Waals surface area (Å²) in [7, 11) is 0. The first-order chi connectivity index (χ1) is 10.0. The van der Waals surface area contributed by atoms with E-state index >= 15 is 0 Å². The fraction of sp³-hybridized carbons (Fsp3) is 1.00. The molecule has 4 unspecified atom stereocenters. The number of rotatable bonds is 9. The maximum absolute atomic E-state index is 10.6. The van der Waals surface area contributed by atoms with Crippen molar-refractivity contribution in [2.45, 2.75) is 38.8 Å². The van der Waals surface area contributed by atoms with Crippen molar-refractivity contribution < 1.29 is 15.3 Å². The lowest BCUT2D eigenvalue weighted by Gasteiger charge is -2.46. The summed E-state index contributed by atoms with van der Waals surface area (Å²) in [6.07, 6.45) is -0.657. The minimum Gasteiger partial charge on any atom is -0.396 e. The molecule has 126 valence electrons. The van der Waals surface area contributed by atoms with Crippen molar-refractivity contribution in [1.29, 1.82) is 0 Å². The number of nitrogens with zero attached hydrogens (tertiary/aromatic N) is 2. The summed E-state index contributed by atoms with van der Waals surface area (Å²) < 4.78 is 0. The van der Waals surface area contributed by atoms with E-state index in [1.165, 1.54) is 0 Å². The molecule has 0 saturated carbocycles. The number of aliphatic hydroxyl groups is 3. The molecule has 21 heavy (non-hydrogen) atoms. The Morgan fingerprint density at radius 1 is 1.43 bits per heavy atom. The summed E-state index contributed by atoms with van der Waals surface area (Å²) in [5.74, 6) is -0.217. The van der Waals surface area contributed by atoms with Crippen LogP contribution in [-0.2, 0) is 0 Å². The third-order valence-electron chi connectivity index (χ3n) is 4.12. The highest BCUT2D eigenvalue weighted by Crippen LogP contribution is 2.19. The van der Waals surface area contributed by atoms with E-state index in [-0.39, 0.29) is 18.7 Å². The smallest absolute Gasteiger partial charge is 0.113 e. The molecule has 0 aromatic heterocycles. The molecule has 1 rings (SSSR count). The Bertz CT molecular complexity index is 275. The van der Waals surface area contributed by atoms with Gasteiger partial charge in [-0.1, -0.05) is 6.92 Å². The Morgan fingerprint density at radius 2 is 2.14 bits per heavy atom. The molecular weight excluding hydrogens is 272 g/mol. The number of aliphatic hydroxyl groups excluding tert-OH is 3. The van der Waals surface area contributed by atoms with Crippen LogP contribution in [0.25, 0.3) is 0 Å². The average molecular weight is 304 g/mol. The molecule has 0 amide bonds. The standard InChI is InChI=1S/C14H32N4O3/c1-3-12(10-19)14(21)18(9-11(2)20)13-8-16-5-7-17(13)6-4-15/h11-14,16,19-21H,3-10,15H2,1-2H3. The fourth-order valence-electron chi connectivity index (χ4n) is 2.90. The highest BCUT2D eigenvalue weighted by Gasteiger charge is 2.34. The maximum atomic E-state index is 10.6. The largest absolute Gasteiger partial charge is 0.396 e. The predicted molar refractivity (Wildman–Crippen MR) is 82.5 cm³/mol. The molecule has 0 aromatic rings. The summed E-state index contributed by atoms with van der Waals surface area (Å²) >= 11 is 0. The Kier molecular flexibility index (Phi) is 8.65. The van der Waals surface area contributed by atoms with E-state index in [1.807, 2.05) is 11.8 Å². The summed E-state index contributed by atoms with van der Waals surface area (Å²) in [5, 5.41) is 33.2. The summed E-state index contributed by atoms with van der Waals surface area (Å²) in [6, 6.07) is 0. The summed E-state index contributed by atoms with van der Waals surface area (Å²) in [4.78, 5) is 4.11. The molecule has 1 aliphatic rings. The second-order valence-electron chi connectivity index (χ2n) is 5.82. The lowest BCUT2D eigenvalue weighted by Crippen LogP contribution is -2.64. The number of nitrogens with two attached hydrogens (primary N) is 1. The van der Waals surface area contributed by atoms with Crippen molar-refractivity contribution in [1.82, 2.24) is 15.1 Å². The maximum Gasteiger partial charge on any atom is 0.113 e. The summed E-state index contributed by atoms with van der Waals surface area (Å²) in [6.45, 7) is 7.75. The lowest BCUT2D eigenvalue weighted by molar-refractivity contribution is -0.128. The van der Waals surface area contributed by atoms with E-state index in [2.05, 4.69) is 10.2 Å². The Morgan fingerprint density at radius 3 is 2.67 bits per heavy atom. The van der Waals surface area contributed by atoms with Crippen molar-refractivity contribution >= 4 is 0 Å². The highest BCUT2D eigenvalue weighted by molar-refractivity contribution is 4.84. The number of hydrogen-bond donors (Lipinski definition) is 5. The quantitative estimate of drug-likeness (QED) is 0.320. The van der Waals surface area contributed by atoms with Crippen LogP contribution < -0.4 is 11.1 Å². The van der Waals surface area contributed by atoms with E-state index in [0.717, 1.165) is 19.6 Å². The van der Waals surface area contributed by atoms with Crippen molar-refractivity contribution in [2.75, 3.05) is 45.9 Å². The molecule has 7 nitrogen and oxygen atoms in total. The Balaban J connectivity index is 2.87. The van der Waals surface area contributed by atoms with E-state index in [1.54, 1.807) is 6.92 Å². The van der Waals surface area contributed by atoms with Gasteiger partial charge in [-0.3, -0.25) is 9.80 Å². The normalized spacial score (nSPS) is 25.0. The molecule has 1 heterocycles. The van der Waals surface area contributed by atoms with Crippen LogP contribution >= 0.6 is 0 Å². The molecule has 0 aromatic carbocycles. The first-order valence-corrected chi connectivity index (χ1v) is 7.92. The molecular formula is C14H32N4O3. The van der Waals surface area contributed by atoms with Crippen LogP contribution in [0.15, 0.2) is 0 Å². The Hall–Kier alpha value is -0.280. The van der Waals surface area contributed by atoms with Gasteiger partial charge in [0.15, 0.2) is 0 Å². The second kappa shape index (κ2) is 9.68. The topological polar surface area (TPSA) is 105 Å². The zero-order chi connectivity index (χ0) is 15.8. The molecule has 1 aliphatic heterocycles. The predicted octanol–water partition coefficient (Wildman–Crippen LogP) is -1.80. The van der Waals surface area contributed by atoms with Gasteiger partial charge >= 0.3 is 0 Å². The van der Waals surface area contributed by atoms with Crippen LogP contribution in [0.4, 0.5) is 0 Å². The first kappa shape index (κ1) is 18.8. The zero-order valence-electron chi connectivity index (χ0n) is 13.3. The molecule has 0 aliphatic carbocycles. The van der Waals surface area contributed by atoms with Crippen LogP contribution in [0, 0.1) is 5.92 Å². The zero-order valence-corrected chi connectivity index (χ0v) is 13.3. The van der Waals surface area contributed by atoms with Gasteiger partial charge < -0.3 is 26.4 Å². The number of piperazine rings is 1. The van der Waals surface area contributed by atoms with Gasteiger partial charge in [-0.15, -0.1) is 0 Å². The van der Waals surface area contributed by atoms with Crippen LogP contribution in [0.2, 0.25) is 0 Å². The monoisotopic (exact) mass is 304 g/mol. The van der Waals surface area contributed by atoms with Gasteiger partial charge in [0, 0.05) is 51.8 Å². The molecule has 6 N–H and O–H groups in total. The molecule has 1 fully saturated rings. The van der Waals surface area contributed by atoms with Gasteiger partial charge in [0.1, 0.15) is 6.23 Å². The lowest BCUT2D eigenvalue weighted by atomic mass is 10.0. The van der Waals surface area contributed by atoms with E-state index < -0.39 is 12.3 Å². The SMILES string of the molecule is CCC(CO)C(O)N(CC(C)O)C1CNCCN1CCN. The molecule has 4 atom stereocenters. The van der Waals surface area contributed by atoms with Crippen LogP contribution in [0.5, 0.6) is 0 Å². The summed E-state index contributed by atoms with van der Waals surface area (Å²) in [5.41, 5.74) is 5.68. The molecule has 1 saturated heterocycles. The Labute approximate surface area is 127 Å².